The zero-order valence-corrected chi connectivity index (χ0v) is 12.8. The average molecular weight is 373 g/mol. The second-order valence-corrected chi connectivity index (χ2v) is 6.62. The van der Waals surface area contributed by atoms with Crippen LogP contribution in [0.1, 0.15) is 0 Å². The van der Waals surface area contributed by atoms with E-state index in [2.05, 4.69) is 20.7 Å². The van der Waals surface area contributed by atoms with Crippen LogP contribution in [-0.4, -0.2) is 18.4 Å². The van der Waals surface area contributed by atoms with Crippen molar-refractivity contribution in [1.82, 2.24) is 0 Å². The fourth-order valence-corrected chi connectivity index (χ4v) is 2.88. The van der Waals surface area contributed by atoms with Gasteiger partial charge in [0, 0.05) is 10.5 Å². The number of hydrogen-bond donors (Lipinski definition) is 2. The number of halogens is 1. The third kappa shape index (κ3) is 3.50. The number of rotatable bonds is 4. The number of phenolic OH excluding ortho intramolecular Hbond substituents is 1. The normalized spacial score (nSPS) is 11.1. The van der Waals surface area contributed by atoms with Gasteiger partial charge in [-0.05, 0) is 30.3 Å². The molecule has 110 valence electrons. The van der Waals surface area contributed by atoms with Crippen molar-refractivity contribution in [2.45, 2.75) is 4.90 Å². The highest BCUT2D eigenvalue weighted by molar-refractivity contribution is 9.10. The Morgan fingerprint density at radius 1 is 1.14 bits per heavy atom. The van der Waals surface area contributed by atoms with Gasteiger partial charge in [0.15, 0.2) is 0 Å². The molecule has 0 saturated carbocycles. The van der Waals surface area contributed by atoms with Gasteiger partial charge in [0.1, 0.15) is 5.75 Å². The Hall–Kier alpha value is -2.13. The minimum atomic E-state index is -3.89. The lowest BCUT2D eigenvalue weighted by Gasteiger charge is -2.09. The third-order valence-electron chi connectivity index (χ3n) is 2.56. The van der Waals surface area contributed by atoms with Crippen molar-refractivity contribution in [2.75, 3.05) is 4.72 Å². The first-order chi connectivity index (χ1) is 9.79. The summed E-state index contributed by atoms with van der Waals surface area (Å²) in [5.41, 5.74) is -0.470. The smallest absolute Gasteiger partial charge is 0.273 e. The molecule has 0 bridgehead atoms. The van der Waals surface area contributed by atoms with Crippen LogP contribution in [0.15, 0.2) is 51.8 Å². The number of phenols is 1. The number of aromatic hydroxyl groups is 1. The molecule has 9 heteroatoms. The SMILES string of the molecule is O=[N+]([O-])c1ccc(NS(=O)(=O)c2ccc(Br)cc2)c(O)c1. The van der Waals surface area contributed by atoms with Gasteiger partial charge in [-0.25, -0.2) is 8.42 Å². The molecule has 0 atom stereocenters. The topological polar surface area (TPSA) is 110 Å². The highest BCUT2D eigenvalue weighted by atomic mass is 79.9. The fraction of sp³-hybridized carbons (Fsp3) is 0. The molecule has 0 unspecified atom stereocenters. The highest BCUT2D eigenvalue weighted by Crippen LogP contribution is 2.29. The van der Waals surface area contributed by atoms with Crippen LogP contribution in [0.4, 0.5) is 11.4 Å². The maximum atomic E-state index is 12.1. The van der Waals surface area contributed by atoms with Gasteiger partial charge in [0.2, 0.25) is 0 Å². The van der Waals surface area contributed by atoms with Gasteiger partial charge in [-0.2, -0.15) is 0 Å². The van der Waals surface area contributed by atoms with Crippen molar-refractivity contribution in [3.63, 3.8) is 0 Å². The number of non-ortho nitro benzene ring substituents is 1. The summed E-state index contributed by atoms with van der Waals surface area (Å²) in [7, 11) is -3.89. The molecule has 0 amide bonds. The number of nitrogens with zero attached hydrogens (tertiary/aromatic N) is 1. The number of hydrogen-bond acceptors (Lipinski definition) is 5. The molecule has 0 heterocycles. The average Bonchev–Trinajstić information content (AvgIpc) is 2.41. The van der Waals surface area contributed by atoms with E-state index >= 15 is 0 Å². The monoisotopic (exact) mass is 372 g/mol. The highest BCUT2D eigenvalue weighted by Gasteiger charge is 2.17. The molecule has 0 radical (unpaired) electrons. The quantitative estimate of drug-likeness (QED) is 0.487. The van der Waals surface area contributed by atoms with Crippen molar-refractivity contribution in [3.8, 4) is 5.75 Å². The first-order valence-corrected chi connectivity index (χ1v) is 7.83. The molecular weight excluding hydrogens is 364 g/mol. The van der Waals surface area contributed by atoms with E-state index in [-0.39, 0.29) is 16.3 Å². The number of nitrogens with one attached hydrogen (secondary N) is 1. The number of nitro groups is 1. The van der Waals surface area contributed by atoms with E-state index in [0.717, 1.165) is 22.7 Å². The maximum absolute atomic E-state index is 12.1. The summed E-state index contributed by atoms with van der Waals surface area (Å²) in [6, 6.07) is 8.99. The molecule has 0 fully saturated rings. The minimum Gasteiger partial charge on any atom is -0.505 e. The van der Waals surface area contributed by atoms with Crippen molar-refractivity contribution >= 4 is 37.3 Å². The first-order valence-electron chi connectivity index (χ1n) is 5.55. The summed E-state index contributed by atoms with van der Waals surface area (Å²) < 4.78 is 27.1. The summed E-state index contributed by atoms with van der Waals surface area (Å²) in [6.45, 7) is 0. The van der Waals surface area contributed by atoms with Gasteiger partial charge in [0.05, 0.1) is 21.6 Å². The molecular formula is C12H9BrN2O5S. The summed E-state index contributed by atoms with van der Waals surface area (Å²) >= 11 is 3.19. The Labute approximate surface area is 128 Å². The Balaban J connectivity index is 2.32. The number of anilines is 1. The lowest BCUT2D eigenvalue weighted by Crippen LogP contribution is -2.13. The maximum Gasteiger partial charge on any atom is 0.273 e. The molecule has 0 aliphatic heterocycles. The van der Waals surface area contributed by atoms with Gasteiger partial charge >= 0.3 is 0 Å². The zero-order chi connectivity index (χ0) is 15.6. The first kappa shape index (κ1) is 15.3. The lowest BCUT2D eigenvalue weighted by molar-refractivity contribution is -0.384. The lowest BCUT2D eigenvalue weighted by atomic mass is 10.2. The van der Waals surface area contributed by atoms with Crippen LogP contribution in [0.25, 0.3) is 0 Å². The van der Waals surface area contributed by atoms with Crippen LogP contribution in [0.2, 0.25) is 0 Å². The Morgan fingerprint density at radius 2 is 1.76 bits per heavy atom. The van der Waals surface area contributed by atoms with Gasteiger partial charge < -0.3 is 5.11 Å². The van der Waals surface area contributed by atoms with Crippen molar-refractivity contribution in [3.05, 3.63) is 57.1 Å². The second-order valence-electron chi connectivity index (χ2n) is 4.02. The predicted octanol–water partition coefficient (Wildman–Crippen LogP) is 2.86. The molecule has 7 nitrogen and oxygen atoms in total. The Morgan fingerprint density at radius 3 is 2.29 bits per heavy atom. The molecule has 2 aromatic carbocycles. The molecule has 0 aliphatic rings. The van der Waals surface area contributed by atoms with Gasteiger partial charge in [-0.15, -0.1) is 0 Å². The van der Waals surface area contributed by atoms with Crippen molar-refractivity contribution in [2.24, 2.45) is 0 Å². The Bertz CT molecular complexity index is 790. The van der Waals surface area contributed by atoms with Crippen LogP contribution in [-0.2, 0) is 10.0 Å². The van der Waals surface area contributed by atoms with E-state index < -0.39 is 20.7 Å². The van der Waals surface area contributed by atoms with E-state index in [1.165, 1.54) is 12.1 Å². The van der Waals surface area contributed by atoms with Crippen molar-refractivity contribution < 1.29 is 18.4 Å². The summed E-state index contributed by atoms with van der Waals surface area (Å²) in [5, 5.41) is 20.2. The van der Waals surface area contributed by atoms with E-state index in [1.807, 2.05) is 0 Å². The second kappa shape index (κ2) is 5.70. The predicted molar refractivity (Wildman–Crippen MR) is 79.7 cm³/mol. The van der Waals surface area contributed by atoms with Gasteiger partial charge in [-0.3, -0.25) is 14.8 Å². The third-order valence-corrected chi connectivity index (χ3v) is 4.47. The van der Waals surface area contributed by atoms with Gasteiger partial charge in [-0.1, -0.05) is 15.9 Å². The van der Waals surface area contributed by atoms with Crippen LogP contribution in [0, 0.1) is 10.1 Å². The molecule has 21 heavy (non-hydrogen) atoms. The minimum absolute atomic E-state index is 0.00320. The molecule has 0 spiro atoms. The summed E-state index contributed by atoms with van der Waals surface area (Å²) in [5.74, 6) is -0.523. The molecule has 0 aromatic heterocycles. The van der Waals surface area contributed by atoms with Crippen LogP contribution >= 0.6 is 15.9 Å². The fourth-order valence-electron chi connectivity index (χ4n) is 1.54. The molecule has 0 saturated heterocycles. The molecule has 0 aliphatic carbocycles. The van der Waals surface area contributed by atoms with Crippen molar-refractivity contribution in [1.29, 1.82) is 0 Å². The standard InChI is InChI=1S/C12H9BrN2O5S/c13-8-1-4-10(5-2-8)21(19,20)14-11-6-3-9(15(17)18)7-12(11)16/h1-7,14,16H. The van der Waals surface area contributed by atoms with E-state index in [4.69, 9.17) is 0 Å². The van der Waals surface area contributed by atoms with Gasteiger partial charge in [0.25, 0.3) is 15.7 Å². The zero-order valence-electron chi connectivity index (χ0n) is 10.4. The van der Waals surface area contributed by atoms with E-state index in [0.29, 0.717) is 0 Å². The largest absolute Gasteiger partial charge is 0.505 e. The summed E-state index contributed by atoms with van der Waals surface area (Å²) in [6.07, 6.45) is 0. The molecule has 2 aromatic rings. The van der Waals surface area contributed by atoms with Crippen LogP contribution in [0.3, 0.4) is 0 Å². The Kier molecular flexibility index (Phi) is 4.14. The molecule has 2 N–H and O–H groups in total. The summed E-state index contributed by atoms with van der Waals surface area (Å²) in [4.78, 5) is 9.87. The van der Waals surface area contributed by atoms with E-state index in [9.17, 15) is 23.6 Å². The number of sulfonamides is 1. The van der Waals surface area contributed by atoms with E-state index in [1.54, 1.807) is 12.1 Å². The number of benzene rings is 2. The number of nitro benzene ring substituents is 1. The van der Waals surface area contributed by atoms with Crippen LogP contribution in [0.5, 0.6) is 5.75 Å². The molecule has 2 rings (SSSR count). The van der Waals surface area contributed by atoms with Crippen LogP contribution < -0.4 is 4.72 Å².